The van der Waals surface area contributed by atoms with Gasteiger partial charge in [-0.1, -0.05) is 13.8 Å². The minimum Gasteiger partial charge on any atom is -0.476 e. The van der Waals surface area contributed by atoms with E-state index in [9.17, 15) is 0 Å². The van der Waals surface area contributed by atoms with Crippen LogP contribution in [0.5, 0.6) is 5.88 Å². The van der Waals surface area contributed by atoms with E-state index < -0.39 is 0 Å². The van der Waals surface area contributed by atoms with Crippen LogP contribution in [0.25, 0.3) is 0 Å². The number of nitrogen functional groups attached to an aromatic ring is 1. The second-order valence-electron chi connectivity index (χ2n) is 4.70. The van der Waals surface area contributed by atoms with Gasteiger partial charge < -0.3 is 15.4 Å². The summed E-state index contributed by atoms with van der Waals surface area (Å²) in [4.78, 5) is 10.7. The Labute approximate surface area is 103 Å². The van der Waals surface area contributed by atoms with Crippen LogP contribution < -0.4 is 10.5 Å². The van der Waals surface area contributed by atoms with Gasteiger partial charge in [0.2, 0.25) is 5.88 Å². The Hall–Kier alpha value is -1.36. The maximum atomic E-state index is 5.85. The van der Waals surface area contributed by atoms with Crippen LogP contribution in [0.3, 0.4) is 0 Å². The van der Waals surface area contributed by atoms with Crippen molar-refractivity contribution in [2.24, 2.45) is 0 Å². The second kappa shape index (κ2) is 5.82. The van der Waals surface area contributed by atoms with Crippen molar-refractivity contribution in [3.8, 4) is 5.88 Å². The lowest BCUT2D eigenvalue weighted by molar-refractivity contribution is 0.251. The zero-order chi connectivity index (χ0) is 13.0. The quantitative estimate of drug-likeness (QED) is 0.840. The van der Waals surface area contributed by atoms with E-state index in [2.05, 4.69) is 14.9 Å². The third-order valence-electron chi connectivity index (χ3n) is 2.45. The van der Waals surface area contributed by atoms with Gasteiger partial charge in [0.05, 0.1) is 5.56 Å². The maximum Gasteiger partial charge on any atom is 0.221 e. The van der Waals surface area contributed by atoms with Crippen molar-refractivity contribution in [1.82, 2.24) is 14.9 Å². The molecule has 0 bridgehead atoms. The fraction of sp³-hybridized carbons (Fsp3) is 0.667. The van der Waals surface area contributed by atoms with Gasteiger partial charge in [-0.3, -0.25) is 0 Å². The first-order valence-corrected chi connectivity index (χ1v) is 5.83. The van der Waals surface area contributed by atoms with Gasteiger partial charge in [-0.2, -0.15) is 4.98 Å². The largest absolute Gasteiger partial charge is 0.476 e. The van der Waals surface area contributed by atoms with E-state index in [4.69, 9.17) is 10.5 Å². The van der Waals surface area contributed by atoms with E-state index in [0.29, 0.717) is 18.3 Å². The van der Waals surface area contributed by atoms with Crippen LogP contribution in [0.15, 0.2) is 0 Å². The Morgan fingerprint density at radius 3 is 2.47 bits per heavy atom. The van der Waals surface area contributed by atoms with Gasteiger partial charge in [0, 0.05) is 12.5 Å². The first-order valence-electron chi connectivity index (χ1n) is 5.83. The summed E-state index contributed by atoms with van der Waals surface area (Å²) in [7, 11) is 4.01. The van der Waals surface area contributed by atoms with Gasteiger partial charge in [0.1, 0.15) is 18.2 Å². The predicted octanol–water partition coefficient (Wildman–Crippen LogP) is 1.43. The summed E-state index contributed by atoms with van der Waals surface area (Å²) in [6.45, 7) is 7.40. The summed E-state index contributed by atoms with van der Waals surface area (Å²) in [6, 6.07) is 0. The summed E-state index contributed by atoms with van der Waals surface area (Å²) in [5.74, 6) is 2.08. The van der Waals surface area contributed by atoms with Gasteiger partial charge in [0.25, 0.3) is 0 Å². The van der Waals surface area contributed by atoms with E-state index in [0.717, 1.165) is 17.9 Å². The molecule has 0 saturated heterocycles. The molecule has 0 aliphatic heterocycles. The Morgan fingerprint density at radius 2 is 1.94 bits per heavy atom. The molecular weight excluding hydrogens is 216 g/mol. The van der Waals surface area contributed by atoms with Crippen molar-refractivity contribution in [1.29, 1.82) is 0 Å². The van der Waals surface area contributed by atoms with Crippen molar-refractivity contribution in [2.75, 3.05) is 33.0 Å². The lowest BCUT2D eigenvalue weighted by Crippen LogP contribution is -2.20. The van der Waals surface area contributed by atoms with Crippen LogP contribution in [0.4, 0.5) is 5.82 Å². The van der Waals surface area contributed by atoms with Crippen molar-refractivity contribution in [2.45, 2.75) is 26.7 Å². The molecule has 1 heterocycles. The number of nitrogens with two attached hydrogens (primary N) is 1. The van der Waals surface area contributed by atoms with Crippen molar-refractivity contribution < 1.29 is 4.74 Å². The lowest BCUT2D eigenvalue weighted by atomic mass is 10.2. The van der Waals surface area contributed by atoms with Crippen LogP contribution in [0, 0.1) is 6.92 Å². The number of likely N-dealkylation sites (N-methyl/N-ethyl adjacent to an activating group) is 1. The molecule has 1 rings (SSSR count). The van der Waals surface area contributed by atoms with E-state index in [-0.39, 0.29) is 5.92 Å². The third kappa shape index (κ3) is 3.85. The Bertz CT molecular complexity index is 377. The standard InChI is InChI=1S/C12H22N4O/c1-8(2)11-14-10(13)9(3)12(15-11)17-7-6-16(4)5/h8H,6-7H2,1-5H3,(H2,13,14,15). The number of ether oxygens (including phenoxy) is 1. The summed E-state index contributed by atoms with van der Waals surface area (Å²) >= 11 is 0. The summed E-state index contributed by atoms with van der Waals surface area (Å²) < 4.78 is 5.65. The first kappa shape index (κ1) is 13.7. The monoisotopic (exact) mass is 238 g/mol. The van der Waals surface area contributed by atoms with Crippen LogP contribution in [-0.4, -0.2) is 42.1 Å². The molecule has 0 fully saturated rings. The Balaban J connectivity index is 2.82. The fourth-order valence-electron chi connectivity index (χ4n) is 1.25. The molecule has 0 unspecified atom stereocenters. The molecule has 5 nitrogen and oxygen atoms in total. The normalized spacial score (nSPS) is 11.2. The van der Waals surface area contributed by atoms with Gasteiger partial charge in [0.15, 0.2) is 0 Å². The minimum absolute atomic E-state index is 0.245. The first-order chi connectivity index (χ1) is 7.91. The average molecular weight is 238 g/mol. The molecule has 2 N–H and O–H groups in total. The molecule has 17 heavy (non-hydrogen) atoms. The van der Waals surface area contributed by atoms with Crippen LogP contribution >= 0.6 is 0 Å². The van der Waals surface area contributed by atoms with Crippen LogP contribution in [0.1, 0.15) is 31.2 Å². The Kier molecular flexibility index (Phi) is 4.69. The molecule has 5 heteroatoms. The summed E-state index contributed by atoms with van der Waals surface area (Å²) in [5.41, 5.74) is 6.66. The number of aromatic nitrogens is 2. The van der Waals surface area contributed by atoms with Gasteiger partial charge in [-0.15, -0.1) is 0 Å². The predicted molar refractivity (Wildman–Crippen MR) is 69.3 cm³/mol. The maximum absolute atomic E-state index is 5.85. The smallest absolute Gasteiger partial charge is 0.221 e. The van der Waals surface area contributed by atoms with Crippen molar-refractivity contribution in [3.63, 3.8) is 0 Å². The molecule has 1 aromatic heterocycles. The topological polar surface area (TPSA) is 64.3 Å². The van der Waals surface area contributed by atoms with Crippen molar-refractivity contribution >= 4 is 5.82 Å². The lowest BCUT2D eigenvalue weighted by Gasteiger charge is -2.14. The highest BCUT2D eigenvalue weighted by molar-refractivity contribution is 5.44. The number of nitrogens with zero attached hydrogens (tertiary/aromatic N) is 3. The highest BCUT2D eigenvalue weighted by atomic mass is 16.5. The molecule has 0 saturated carbocycles. The van der Waals surface area contributed by atoms with Crippen molar-refractivity contribution in [3.05, 3.63) is 11.4 Å². The van der Waals surface area contributed by atoms with E-state index >= 15 is 0 Å². The second-order valence-corrected chi connectivity index (χ2v) is 4.70. The summed E-state index contributed by atoms with van der Waals surface area (Å²) in [5, 5.41) is 0. The van der Waals surface area contributed by atoms with Crippen LogP contribution in [-0.2, 0) is 0 Å². The molecule has 0 aliphatic carbocycles. The third-order valence-corrected chi connectivity index (χ3v) is 2.45. The number of hydrogen-bond donors (Lipinski definition) is 1. The van der Waals surface area contributed by atoms with E-state index in [1.54, 1.807) is 0 Å². The number of hydrogen-bond acceptors (Lipinski definition) is 5. The SMILES string of the molecule is Cc1c(N)nc(C(C)C)nc1OCCN(C)C. The van der Waals surface area contributed by atoms with Crippen LogP contribution in [0.2, 0.25) is 0 Å². The molecule has 0 radical (unpaired) electrons. The zero-order valence-corrected chi connectivity index (χ0v) is 11.3. The van der Waals surface area contributed by atoms with Gasteiger partial charge in [-0.05, 0) is 21.0 Å². The molecule has 0 aromatic carbocycles. The fourth-order valence-corrected chi connectivity index (χ4v) is 1.25. The number of anilines is 1. The Morgan fingerprint density at radius 1 is 1.29 bits per heavy atom. The molecule has 1 aromatic rings. The molecule has 0 atom stereocenters. The average Bonchev–Trinajstić information content (AvgIpc) is 2.23. The molecular formula is C12H22N4O. The summed E-state index contributed by atoms with van der Waals surface area (Å²) in [6.07, 6.45) is 0. The number of rotatable bonds is 5. The molecule has 0 amide bonds. The van der Waals surface area contributed by atoms with E-state index in [1.807, 2.05) is 34.9 Å². The zero-order valence-electron chi connectivity index (χ0n) is 11.3. The highest BCUT2D eigenvalue weighted by Crippen LogP contribution is 2.22. The molecule has 96 valence electrons. The van der Waals surface area contributed by atoms with E-state index in [1.165, 1.54) is 0 Å². The molecule has 0 spiro atoms. The van der Waals surface area contributed by atoms with Gasteiger partial charge in [-0.25, -0.2) is 4.98 Å². The minimum atomic E-state index is 0.245. The molecule has 0 aliphatic rings. The highest BCUT2D eigenvalue weighted by Gasteiger charge is 2.12. The van der Waals surface area contributed by atoms with Gasteiger partial charge >= 0.3 is 0 Å².